The molecule has 0 spiro atoms. The summed E-state index contributed by atoms with van der Waals surface area (Å²) in [6, 6.07) is 14.4. The van der Waals surface area contributed by atoms with Crippen molar-refractivity contribution in [2.45, 2.75) is 37.5 Å². The molecule has 0 amide bonds. The van der Waals surface area contributed by atoms with Gasteiger partial charge in [-0.1, -0.05) is 30.3 Å². The van der Waals surface area contributed by atoms with E-state index in [1.807, 2.05) is 18.2 Å². The largest absolute Gasteiger partial charge is 0.493 e. The molecule has 3 fully saturated rings. The molecule has 2 aromatic rings. The van der Waals surface area contributed by atoms with Crippen molar-refractivity contribution in [2.75, 3.05) is 27.9 Å². The number of piperidine rings is 2. The van der Waals surface area contributed by atoms with E-state index in [1.165, 1.54) is 12.0 Å². The number of aliphatic hydroxyl groups is 1. The minimum atomic E-state index is -0.928. The van der Waals surface area contributed by atoms with Crippen LogP contribution in [0.4, 0.5) is 0 Å². The fourth-order valence-electron chi connectivity index (χ4n) is 5.04. The van der Waals surface area contributed by atoms with Gasteiger partial charge in [0.1, 0.15) is 5.60 Å². The molecule has 150 valence electrons. The maximum absolute atomic E-state index is 11.9. The smallest absolute Gasteiger partial charge is 0.203 e. The van der Waals surface area contributed by atoms with Crippen LogP contribution in [0.25, 0.3) is 0 Å². The summed E-state index contributed by atoms with van der Waals surface area (Å²) in [5.74, 6) is 2.21. The Labute approximate surface area is 166 Å². The zero-order chi connectivity index (χ0) is 19.7. The molecule has 0 aromatic heterocycles. The number of hydrogen-bond donors (Lipinski definition) is 1. The molecule has 2 aromatic carbocycles. The van der Waals surface area contributed by atoms with Crippen molar-refractivity contribution in [2.24, 2.45) is 5.92 Å². The fraction of sp³-hybridized carbons (Fsp3) is 0.478. The van der Waals surface area contributed by atoms with Crippen molar-refractivity contribution in [3.63, 3.8) is 0 Å². The second kappa shape index (κ2) is 7.64. The Balaban J connectivity index is 1.70. The molecule has 5 heteroatoms. The van der Waals surface area contributed by atoms with Crippen LogP contribution < -0.4 is 14.2 Å². The fourth-order valence-corrected chi connectivity index (χ4v) is 5.04. The van der Waals surface area contributed by atoms with Crippen LogP contribution in [0.15, 0.2) is 42.5 Å². The van der Waals surface area contributed by atoms with Crippen LogP contribution in [0.3, 0.4) is 0 Å². The molecule has 0 radical (unpaired) electrons. The maximum Gasteiger partial charge on any atom is 0.203 e. The molecule has 2 saturated heterocycles. The summed E-state index contributed by atoms with van der Waals surface area (Å²) in [7, 11) is 4.82. The average molecular weight is 383 g/mol. The quantitative estimate of drug-likeness (QED) is 0.826. The van der Waals surface area contributed by atoms with Crippen LogP contribution in [0.5, 0.6) is 17.2 Å². The first-order chi connectivity index (χ1) is 13.6. The number of ether oxygens (including phenoxy) is 3. The molecule has 5 nitrogen and oxygen atoms in total. The van der Waals surface area contributed by atoms with Crippen molar-refractivity contribution in [3.8, 4) is 17.2 Å². The van der Waals surface area contributed by atoms with Gasteiger partial charge in [0.25, 0.3) is 0 Å². The number of methoxy groups -OCH3 is 3. The lowest BCUT2D eigenvalue weighted by molar-refractivity contribution is -0.140. The zero-order valence-electron chi connectivity index (χ0n) is 16.9. The summed E-state index contributed by atoms with van der Waals surface area (Å²) in [6.45, 7) is 1.89. The second-order valence-corrected chi connectivity index (χ2v) is 7.92. The van der Waals surface area contributed by atoms with E-state index >= 15 is 0 Å². The highest BCUT2D eigenvalue weighted by Crippen LogP contribution is 2.50. The van der Waals surface area contributed by atoms with Crippen molar-refractivity contribution in [1.82, 2.24) is 4.90 Å². The molecule has 2 heterocycles. The average Bonchev–Trinajstić information content (AvgIpc) is 2.73. The summed E-state index contributed by atoms with van der Waals surface area (Å²) in [6.07, 6.45) is 2.93. The summed E-state index contributed by atoms with van der Waals surface area (Å²) >= 11 is 0. The van der Waals surface area contributed by atoms with Gasteiger partial charge >= 0.3 is 0 Å². The Hall–Kier alpha value is -2.24. The van der Waals surface area contributed by atoms with Crippen molar-refractivity contribution >= 4 is 0 Å². The lowest BCUT2D eigenvalue weighted by atomic mass is 9.66. The zero-order valence-corrected chi connectivity index (χ0v) is 16.9. The highest BCUT2D eigenvalue weighted by atomic mass is 16.5. The highest BCUT2D eigenvalue weighted by Gasteiger charge is 2.51. The monoisotopic (exact) mass is 383 g/mol. The van der Waals surface area contributed by atoms with Crippen LogP contribution in [-0.2, 0) is 12.1 Å². The van der Waals surface area contributed by atoms with Crippen LogP contribution in [0, 0.1) is 5.92 Å². The summed E-state index contributed by atoms with van der Waals surface area (Å²) in [4.78, 5) is 2.44. The van der Waals surface area contributed by atoms with E-state index in [2.05, 4.69) is 29.2 Å². The van der Waals surface area contributed by atoms with Gasteiger partial charge in [0.15, 0.2) is 11.5 Å². The minimum Gasteiger partial charge on any atom is -0.493 e. The number of hydrogen-bond acceptors (Lipinski definition) is 5. The first-order valence-corrected chi connectivity index (χ1v) is 9.90. The Morgan fingerprint density at radius 1 is 1.00 bits per heavy atom. The molecule has 1 aliphatic carbocycles. The third-order valence-electron chi connectivity index (χ3n) is 6.33. The molecule has 3 aliphatic rings. The van der Waals surface area contributed by atoms with Gasteiger partial charge in [-0.15, -0.1) is 0 Å². The number of benzene rings is 2. The predicted octanol–water partition coefficient (Wildman–Crippen LogP) is 3.58. The van der Waals surface area contributed by atoms with Gasteiger partial charge in [0.2, 0.25) is 5.75 Å². The number of nitrogens with zero attached hydrogens (tertiary/aromatic N) is 1. The van der Waals surface area contributed by atoms with Crippen molar-refractivity contribution in [3.05, 3.63) is 53.6 Å². The Morgan fingerprint density at radius 2 is 1.68 bits per heavy atom. The standard InChI is InChI=1S/C23H29NO4/c1-26-19-11-18(12-20(27-2)22(19)28-3)23(25)13-17-9-10-21(23)24(15-17)14-16-7-5-4-6-8-16/h4-8,11-12,17,21,25H,9-10,13-15H2,1-3H3. The normalized spacial score (nSPS) is 26.9. The van der Waals surface area contributed by atoms with E-state index in [-0.39, 0.29) is 6.04 Å². The minimum absolute atomic E-state index is 0.0699. The molecule has 1 saturated carbocycles. The van der Waals surface area contributed by atoms with Crippen LogP contribution >= 0.6 is 0 Å². The molecule has 1 N–H and O–H groups in total. The molecular weight excluding hydrogens is 354 g/mol. The van der Waals surface area contributed by atoms with Gasteiger partial charge in [0, 0.05) is 19.1 Å². The van der Waals surface area contributed by atoms with Crippen molar-refractivity contribution < 1.29 is 19.3 Å². The lowest BCUT2D eigenvalue weighted by Crippen LogP contribution is -2.60. The second-order valence-electron chi connectivity index (χ2n) is 7.92. The van der Waals surface area contributed by atoms with Crippen LogP contribution in [-0.4, -0.2) is 43.9 Å². The molecule has 5 rings (SSSR count). The molecule has 2 bridgehead atoms. The molecule has 3 unspecified atom stereocenters. The van der Waals surface area contributed by atoms with Gasteiger partial charge in [-0.2, -0.15) is 0 Å². The van der Waals surface area contributed by atoms with Crippen LogP contribution in [0.1, 0.15) is 30.4 Å². The number of rotatable bonds is 6. The molecular formula is C23H29NO4. The third-order valence-corrected chi connectivity index (χ3v) is 6.33. The van der Waals surface area contributed by atoms with Crippen LogP contribution in [0.2, 0.25) is 0 Å². The van der Waals surface area contributed by atoms with Gasteiger partial charge in [-0.05, 0) is 48.4 Å². The van der Waals surface area contributed by atoms with Crippen molar-refractivity contribution in [1.29, 1.82) is 0 Å². The molecule has 3 atom stereocenters. The number of fused-ring (bicyclic) bond motifs is 3. The van der Waals surface area contributed by atoms with E-state index in [4.69, 9.17) is 14.2 Å². The van der Waals surface area contributed by atoms with Gasteiger partial charge < -0.3 is 19.3 Å². The molecule has 2 aliphatic heterocycles. The van der Waals surface area contributed by atoms with E-state index in [0.717, 1.165) is 31.5 Å². The lowest BCUT2D eigenvalue weighted by Gasteiger charge is -2.55. The van der Waals surface area contributed by atoms with E-state index in [1.54, 1.807) is 21.3 Å². The van der Waals surface area contributed by atoms with E-state index < -0.39 is 5.60 Å². The first kappa shape index (κ1) is 19.1. The Morgan fingerprint density at radius 3 is 2.25 bits per heavy atom. The van der Waals surface area contributed by atoms with E-state index in [9.17, 15) is 5.11 Å². The molecule has 28 heavy (non-hydrogen) atoms. The Bertz CT molecular complexity index is 800. The predicted molar refractivity (Wildman–Crippen MR) is 108 cm³/mol. The Kier molecular flexibility index (Phi) is 5.21. The topological polar surface area (TPSA) is 51.2 Å². The maximum atomic E-state index is 11.9. The summed E-state index contributed by atoms with van der Waals surface area (Å²) < 4.78 is 16.5. The first-order valence-electron chi connectivity index (χ1n) is 9.90. The van der Waals surface area contributed by atoms with Gasteiger partial charge in [-0.3, -0.25) is 4.90 Å². The van der Waals surface area contributed by atoms with E-state index in [0.29, 0.717) is 23.2 Å². The SMILES string of the molecule is COc1cc(C2(O)CC3CCC2N(Cc2ccccc2)C3)cc(OC)c1OC. The summed E-state index contributed by atoms with van der Waals surface area (Å²) in [5.41, 5.74) is 1.19. The van der Waals surface area contributed by atoms with Gasteiger partial charge in [0.05, 0.1) is 21.3 Å². The van der Waals surface area contributed by atoms with Gasteiger partial charge in [-0.25, -0.2) is 0 Å². The summed E-state index contributed by atoms with van der Waals surface area (Å²) in [5, 5.41) is 11.9. The highest BCUT2D eigenvalue weighted by molar-refractivity contribution is 5.55. The third kappa shape index (κ3) is 3.23.